The van der Waals surface area contributed by atoms with Crippen molar-refractivity contribution < 1.29 is 58.6 Å². The highest BCUT2D eigenvalue weighted by Gasteiger charge is 2.60. The lowest BCUT2D eigenvalue weighted by molar-refractivity contribution is -0.307. The highest BCUT2D eigenvalue weighted by molar-refractivity contribution is 5.95. The maximum Gasteiger partial charge on any atom is 0.434 e. The molecule has 1 aromatic carbocycles. The van der Waals surface area contributed by atoms with E-state index in [1.165, 1.54) is 0 Å². The molecule has 13 heteroatoms. The van der Waals surface area contributed by atoms with Crippen molar-refractivity contribution in [3.8, 4) is 0 Å². The van der Waals surface area contributed by atoms with Gasteiger partial charge in [-0.1, -0.05) is 6.07 Å². The number of carbonyl (C=O) groups excluding carboxylic acids is 2. The predicted octanol–water partition coefficient (Wildman–Crippen LogP) is 4.44. The molecule has 0 fully saturated rings. The van der Waals surface area contributed by atoms with Crippen LogP contribution in [0.3, 0.4) is 0 Å². The summed E-state index contributed by atoms with van der Waals surface area (Å²) < 4.78 is 119. The molecule has 0 heterocycles. The zero-order chi connectivity index (χ0) is 21.2. The van der Waals surface area contributed by atoms with Crippen LogP contribution in [0.4, 0.5) is 39.5 Å². The van der Waals surface area contributed by atoms with Crippen LogP contribution in [0.2, 0.25) is 0 Å². The average molecular weight is 412 g/mol. The summed E-state index contributed by atoms with van der Waals surface area (Å²) in [7, 11) is 0. The van der Waals surface area contributed by atoms with Crippen molar-refractivity contribution in [2.75, 3.05) is 0 Å². The highest BCUT2D eigenvalue weighted by atomic mass is 19.4. The summed E-state index contributed by atoms with van der Waals surface area (Å²) in [6, 6.07) is 2.82. The summed E-state index contributed by atoms with van der Waals surface area (Å²) in [5.74, 6) is -3.69. The van der Waals surface area contributed by atoms with Crippen LogP contribution in [0.5, 0.6) is 0 Å². The molecule has 0 radical (unpaired) electrons. The normalized spacial score (nSPS) is 14.0. The fourth-order valence-corrected chi connectivity index (χ4v) is 1.56. The first-order valence-corrected chi connectivity index (χ1v) is 6.75. The Balaban J connectivity index is 3.01. The van der Waals surface area contributed by atoms with Crippen molar-refractivity contribution in [1.29, 1.82) is 0 Å². The molecule has 0 bridgehead atoms. The number of hydrogen-bond acceptors (Lipinski definition) is 4. The second-order valence-corrected chi connectivity index (χ2v) is 5.04. The van der Waals surface area contributed by atoms with E-state index < -0.39 is 53.8 Å². The van der Waals surface area contributed by atoms with Gasteiger partial charge in [-0.05, 0) is 25.1 Å². The lowest BCUT2D eigenvalue weighted by Crippen LogP contribution is -2.45. The third kappa shape index (κ3) is 6.32. The highest BCUT2D eigenvalue weighted by Crippen LogP contribution is 2.36. The zero-order valence-corrected chi connectivity index (χ0v) is 13.0. The minimum absolute atomic E-state index is 0.442. The molecule has 0 aliphatic rings. The van der Waals surface area contributed by atoms with E-state index in [2.05, 4.69) is 9.47 Å². The molecule has 0 aliphatic carbocycles. The summed E-state index contributed by atoms with van der Waals surface area (Å²) in [5.41, 5.74) is -1.64. The molecule has 27 heavy (non-hydrogen) atoms. The van der Waals surface area contributed by atoms with Gasteiger partial charge in [0.1, 0.15) is 0 Å². The number of ether oxygens (including phenoxy) is 2. The molecular formula is C14H9F9O4. The Morgan fingerprint density at radius 2 is 1.19 bits per heavy atom. The van der Waals surface area contributed by atoms with Gasteiger partial charge in [-0.3, -0.25) is 0 Å². The topological polar surface area (TPSA) is 52.6 Å². The van der Waals surface area contributed by atoms with E-state index in [1.807, 2.05) is 0 Å². The summed E-state index contributed by atoms with van der Waals surface area (Å²) in [6.45, 7) is 0.493. The molecule has 0 aromatic heterocycles. The molecule has 0 amide bonds. The number of carbonyl (C=O) groups is 2. The summed E-state index contributed by atoms with van der Waals surface area (Å²) in [4.78, 5) is 23.1. The fourth-order valence-electron chi connectivity index (χ4n) is 1.56. The molecule has 0 saturated heterocycles. The Hall–Kier alpha value is -2.47. The van der Waals surface area contributed by atoms with Gasteiger partial charge in [0.25, 0.3) is 6.10 Å². The van der Waals surface area contributed by atoms with E-state index in [4.69, 9.17) is 0 Å². The van der Waals surface area contributed by atoms with Crippen molar-refractivity contribution in [1.82, 2.24) is 0 Å². The SMILES string of the molecule is CC(OC(=O)c1cccc(C(=O)OC(C(F)(F)F)C(F)(F)F)c1)C(F)(F)F. The fraction of sp³-hybridized carbons (Fsp3) is 0.429. The molecule has 152 valence electrons. The number of hydrogen-bond donors (Lipinski definition) is 0. The number of rotatable bonds is 4. The van der Waals surface area contributed by atoms with E-state index in [-0.39, 0.29) is 0 Å². The lowest BCUT2D eigenvalue weighted by Gasteiger charge is -2.22. The van der Waals surface area contributed by atoms with Gasteiger partial charge in [-0.25, -0.2) is 9.59 Å². The quantitative estimate of drug-likeness (QED) is 0.542. The molecule has 0 spiro atoms. The maximum absolute atomic E-state index is 12.4. The monoisotopic (exact) mass is 412 g/mol. The summed E-state index contributed by atoms with van der Waals surface area (Å²) >= 11 is 0. The van der Waals surface area contributed by atoms with E-state index >= 15 is 0 Å². The standard InChI is InChI=1S/C14H9F9O4/c1-6(12(15,16)17)26-9(24)7-3-2-4-8(5-7)10(25)27-11(13(18,19)20)14(21,22)23/h2-6,11H,1H3. The minimum Gasteiger partial charge on any atom is -0.449 e. The molecule has 0 N–H and O–H groups in total. The Bertz CT molecular complexity index is 677. The van der Waals surface area contributed by atoms with Gasteiger partial charge in [0.2, 0.25) is 0 Å². The second kappa shape index (κ2) is 7.64. The number of esters is 2. The second-order valence-electron chi connectivity index (χ2n) is 5.04. The van der Waals surface area contributed by atoms with Crippen molar-refractivity contribution in [3.63, 3.8) is 0 Å². The average Bonchev–Trinajstić information content (AvgIpc) is 2.49. The Labute approximate surface area is 144 Å². The van der Waals surface area contributed by atoms with Crippen LogP contribution in [-0.4, -0.2) is 42.7 Å². The van der Waals surface area contributed by atoms with Gasteiger partial charge in [0.05, 0.1) is 11.1 Å². The molecule has 0 saturated carbocycles. The third-order valence-electron chi connectivity index (χ3n) is 2.90. The molecule has 1 rings (SSSR count). The molecule has 0 aliphatic heterocycles. The smallest absolute Gasteiger partial charge is 0.434 e. The van der Waals surface area contributed by atoms with E-state index in [0.717, 1.165) is 12.1 Å². The maximum atomic E-state index is 12.4. The number of benzene rings is 1. The summed E-state index contributed by atoms with van der Waals surface area (Å²) in [6.07, 6.45) is -23.8. The van der Waals surface area contributed by atoms with Gasteiger partial charge < -0.3 is 9.47 Å². The van der Waals surface area contributed by atoms with E-state index in [9.17, 15) is 49.1 Å². The van der Waals surface area contributed by atoms with Crippen LogP contribution < -0.4 is 0 Å². The predicted molar refractivity (Wildman–Crippen MR) is 68.7 cm³/mol. The number of halogens is 9. The van der Waals surface area contributed by atoms with Crippen LogP contribution in [0.25, 0.3) is 0 Å². The van der Waals surface area contributed by atoms with Crippen molar-refractivity contribution in [3.05, 3.63) is 35.4 Å². The van der Waals surface area contributed by atoms with Crippen LogP contribution in [-0.2, 0) is 9.47 Å². The molecule has 4 nitrogen and oxygen atoms in total. The Kier molecular flexibility index (Phi) is 6.39. The van der Waals surface area contributed by atoms with Crippen LogP contribution in [0.1, 0.15) is 27.6 Å². The van der Waals surface area contributed by atoms with Crippen molar-refractivity contribution in [2.24, 2.45) is 0 Å². The summed E-state index contributed by atoms with van der Waals surface area (Å²) in [5, 5.41) is 0. The van der Waals surface area contributed by atoms with Crippen molar-refractivity contribution >= 4 is 11.9 Å². The lowest BCUT2D eigenvalue weighted by atomic mass is 10.1. The number of alkyl halides is 9. The van der Waals surface area contributed by atoms with Gasteiger partial charge >= 0.3 is 30.5 Å². The molecule has 1 atom stereocenters. The first-order valence-electron chi connectivity index (χ1n) is 6.75. The van der Waals surface area contributed by atoms with Crippen LogP contribution in [0.15, 0.2) is 24.3 Å². The van der Waals surface area contributed by atoms with Gasteiger partial charge in [-0.15, -0.1) is 0 Å². The van der Waals surface area contributed by atoms with Gasteiger partial charge in [0.15, 0.2) is 6.10 Å². The van der Waals surface area contributed by atoms with E-state index in [0.29, 0.717) is 19.1 Å². The van der Waals surface area contributed by atoms with Crippen LogP contribution >= 0.6 is 0 Å². The first-order chi connectivity index (χ1) is 12.0. The Morgan fingerprint density at radius 3 is 1.56 bits per heavy atom. The molecular weight excluding hydrogens is 403 g/mol. The Morgan fingerprint density at radius 1 is 0.778 bits per heavy atom. The van der Waals surface area contributed by atoms with Crippen LogP contribution in [0, 0.1) is 0 Å². The van der Waals surface area contributed by atoms with E-state index in [1.54, 1.807) is 0 Å². The first kappa shape index (κ1) is 22.6. The third-order valence-corrected chi connectivity index (χ3v) is 2.90. The van der Waals surface area contributed by atoms with Gasteiger partial charge in [0, 0.05) is 0 Å². The van der Waals surface area contributed by atoms with Gasteiger partial charge in [-0.2, -0.15) is 39.5 Å². The zero-order valence-electron chi connectivity index (χ0n) is 13.0. The molecule has 1 unspecified atom stereocenters. The minimum atomic E-state index is -5.95. The van der Waals surface area contributed by atoms with Crippen molar-refractivity contribution in [2.45, 2.75) is 37.7 Å². The molecule has 1 aromatic rings. The largest absolute Gasteiger partial charge is 0.449 e.